The highest BCUT2D eigenvalue weighted by Crippen LogP contribution is 2.26. The van der Waals surface area contributed by atoms with E-state index in [0.29, 0.717) is 24.4 Å². The van der Waals surface area contributed by atoms with Gasteiger partial charge in [-0.3, -0.25) is 0 Å². The summed E-state index contributed by atoms with van der Waals surface area (Å²) in [4.78, 5) is 11.2. The van der Waals surface area contributed by atoms with E-state index in [9.17, 15) is 4.79 Å². The molecule has 0 bridgehead atoms. The predicted octanol–water partition coefficient (Wildman–Crippen LogP) is 3.07. The molecule has 0 radical (unpaired) electrons. The molecule has 2 rings (SSSR count). The minimum absolute atomic E-state index is 0.0593. The summed E-state index contributed by atoms with van der Waals surface area (Å²) < 4.78 is 16.2. The number of ether oxygens (including phenoxy) is 2. The van der Waals surface area contributed by atoms with Crippen LogP contribution in [-0.4, -0.2) is 30.4 Å². The van der Waals surface area contributed by atoms with Crippen LogP contribution in [0.25, 0.3) is 11.0 Å². The number of carbonyl (C=O) groups is 1. The fourth-order valence-corrected chi connectivity index (χ4v) is 1.93. The summed E-state index contributed by atoms with van der Waals surface area (Å²) in [6.45, 7) is 4.99. The van der Waals surface area contributed by atoms with Crippen molar-refractivity contribution in [3.05, 3.63) is 35.6 Å². The van der Waals surface area contributed by atoms with E-state index in [1.54, 1.807) is 12.1 Å². The summed E-state index contributed by atoms with van der Waals surface area (Å²) in [5.74, 6) is -1.14. The third-order valence-corrected chi connectivity index (χ3v) is 2.82. The van der Waals surface area contributed by atoms with Crippen molar-refractivity contribution in [2.75, 3.05) is 13.2 Å². The molecule has 0 aliphatic heterocycles. The van der Waals surface area contributed by atoms with Crippen molar-refractivity contribution in [3.8, 4) is 0 Å². The molecule has 20 heavy (non-hydrogen) atoms. The van der Waals surface area contributed by atoms with Gasteiger partial charge < -0.3 is 19.0 Å². The van der Waals surface area contributed by atoms with Gasteiger partial charge in [0.2, 0.25) is 5.76 Å². The number of para-hydroxylation sites is 1. The molecule has 0 aliphatic rings. The fraction of sp³-hybridized carbons (Fsp3) is 0.400. The zero-order chi connectivity index (χ0) is 14.5. The Morgan fingerprint density at radius 3 is 2.75 bits per heavy atom. The zero-order valence-corrected chi connectivity index (χ0v) is 11.6. The maximum absolute atomic E-state index is 11.2. The normalized spacial score (nSPS) is 11.3. The van der Waals surface area contributed by atoms with Crippen LogP contribution in [0, 0.1) is 0 Å². The number of hydrogen-bond donors (Lipinski definition) is 1. The second-order valence-electron chi connectivity index (χ2n) is 4.68. The smallest absolute Gasteiger partial charge is 0.372 e. The van der Waals surface area contributed by atoms with Crippen LogP contribution in [0.4, 0.5) is 0 Å². The van der Waals surface area contributed by atoms with E-state index in [2.05, 4.69) is 0 Å². The molecule has 0 spiro atoms. The summed E-state index contributed by atoms with van der Waals surface area (Å²) >= 11 is 0. The summed E-state index contributed by atoms with van der Waals surface area (Å²) in [6, 6.07) is 7.22. The topological polar surface area (TPSA) is 68.9 Å². The number of benzene rings is 1. The standard InChI is InChI=1S/C15H18O5/c1-10(2)19-8-7-18-9-12-11-5-3-4-6-13(11)20-14(12)15(16)17/h3-6,10H,7-9H2,1-2H3,(H,16,17). The largest absolute Gasteiger partial charge is 0.475 e. The minimum atomic E-state index is -1.08. The van der Waals surface area contributed by atoms with E-state index in [0.717, 1.165) is 5.39 Å². The second-order valence-corrected chi connectivity index (χ2v) is 4.68. The maximum atomic E-state index is 11.2. The minimum Gasteiger partial charge on any atom is -0.475 e. The van der Waals surface area contributed by atoms with Gasteiger partial charge in [0.05, 0.1) is 25.9 Å². The molecule has 1 N–H and O–H groups in total. The molecule has 1 aromatic carbocycles. The lowest BCUT2D eigenvalue weighted by atomic mass is 10.1. The molecule has 0 aliphatic carbocycles. The van der Waals surface area contributed by atoms with Gasteiger partial charge in [0, 0.05) is 10.9 Å². The lowest BCUT2D eigenvalue weighted by Crippen LogP contribution is -2.10. The quantitative estimate of drug-likeness (QED) is 0.788. The number of fused-ring (bicyclic) bond motifs is 1. The molecule has 0 atom stereocenters. The van der Waals surface area contributed by atoms with Gasteiger partial charge in [-0.05, 0) is 19.9 Å². The first-order valence-corrected chi connectivity index (χ1v) is 6.52. The van der Waals surface area contributed by atoms with Gasteiger partial charge in [-0.2, -0.15) is 0 Å². The number of carboxylic acids is 1. The predicted molar refractivity (Wildman–Crippen MR) is 73.9 cm³/mol. The average molecular weight is 278 g/mol. The molecule has 0 amide bonds. The van der Waals surface area contributed by atoms with Crippen LogP contribution in [0.3, 0.4) is 0 Å². The van der Waals surface area contributed by atoms with E-state index >= 15 is 0 Å². The number of rotatable bonds is 7. The SMILES string of the molecule is CC(C)OCCOCc1c(C(=O)O)oc2ccccc12. The monoisotopic (exact) mass is 278 g/mol. The van der Waals surface area contributed by atoms with Gasteiger partial charge in [0.1, 0.15) is 5.58 Å². The highest BCUT2D eigenvalue weighted by Gasteiger charge is 2.19. The van der Waals surface area contributed by atoms with Gasteiger partial charge in [0.25, 0.3) is 0 Å². The summed E-state index contributed by atoms with van der Waals surface area (Å²) in [7, 11) is 0. The van der Waals surface area contributed by atoms with E-state index < -0.39 is 5.97 Å². The Morgan fingerprint density at radius 2 is 2.05 bits per heavy atom. The summed E-state index contributed by atoms with van der Waals surface area (Å²) in [6.07, 6.45) is 0.155. The van der Waals surface area contributed by atoms with E-state index in [-0.39, 0.29) is 18.5 Å². The summed E-state index contributed by atoms with van der Waals surface area (Å²) in [5, 5.41) is 9.94. The zero-order valence-electron chi connectivity index (χ0n) is 11.6. The molecular formula is C15H18O5. The van der Waals surface area contributed by atoms with E-state index in [1.807, 2.05) is 26.0 Å². The van der Waals surface area contributed by atoms with Gasteiger partial charge in [0.15, 0.2) is 0 Å². The van der Waals surface area contributed by atoms with Crippen LogP contribution in [0.1, 0.15) is 30.0 Å². The average Bonchev–Trinajstić information content (AvgIpc) is 2.77. The Morgan fingerprint density at radius 1 is 1.30 bits per heavy atom. The van der Waals surface area contributed by atoms with Crippen molar-refractivity contribution < 1.29 is 23.8 Å². The molecule has 108 valence electrons. The molecule has 1 heterocycles. The lowest BCUT2D eigenvalue weighted by molar-refractivity contribution is 0.0140. The highest BCUT2D eigenvalue weighted by molar-refractivity contribution is 5.94. The van der Waals surface area contributed by atoms with Crippen molar-refractivity contribution in [2.45, 2.75) is 26.6 Å². The molecule has 0 saturated heterocycles. The van der Waals surface area contributed by atoms with Crippen molar-refractivity contribution in [1.82, 2.24) is 0 Å². The number of hydrogen-bond acceptors (Lipinski definition) is 4. The van der Waals surface area contributed by atoms with Crippen LogP contribution in [-0.2, 0) is 16.1 Å². The van der Waals surface area contributed by atoms with Crippen molar-refractivity contribution in [1.29, 1.82) is 0 Å². The van der Waals surface area contributed by atoms with Gasteiger partial charge in [-0.25, -0.2) is 4.79 Å². The van der Waals surface area contributed by atoms with Gasteiger partial charge in [-0.15, -0.1) is 0 Å². The van der Waals surface area contributed by atoms with Crippen LogP contribution >= 0.6 is 0 Å². The number of carboxylic acid groups (broad SMARTS) is 1. The highest BCUT2D eigenvalue weighted by atomic mass is 16.5. The molecule has 0 fully saturated rings. The van der Waals surface area contributed by atoms with Crippen LogP contribution in [0.15, 0.2) is 28.7 Å². The molecule has 1 aromatic heterocycles. The third kappa shape index (κ3) is 3.37. The van der Waals surface area contributed by atoms with Crippen LogP contribution < -0.4 is 0 Å². The van der Waals surface area contributed by atoms with Crippen molar-refractivity contribution >= 4 is 16.9 Å². The van der Waals surface area contributed by atoms with Crippen molar-refractivity contribution in [2.24, 2.45) is 0 Å². The van der Waals surface area contributed by atoms with Crippen LogP contribution in [0.2, 0.25) is 0 Å². The van der Waals surface area contributed by atoms with Gasteiger partial charge >= 0.3 is 5.97 Å². The Labute approximate surface area is 117 Å². The molecule has 0 unspecified atom stereocenters. The first kappa shape index (κ1) is 14.6. The molecule has 2 aromatic rings. The number of furan rings is 1. The first-order chi connectivity index (χ1) is 9.59. The second kappa shape index (κ2) is 6.54. The number of aromatic carboxylic acids is 1. The Hall–Kier alpha value is -1.85. The Balaban J connectivity index is 2.08. The van der Waals surface area contributed by atoms with E-state index in [4.69, 9.17) is 19.0 Å². The molecular weight excluding hydrogens is 260 g/mol. The molecule has 0 saturated carbocycles. The van der Waals surface area contributed by atoms with E-state index in [1.165, 1.54) is 0 Å². The Kier molecular flexibility index (Phi) is 4.76. The first-order valence-electron chi connectivity index (χ1n) is 6.52. The Bertz CT molecular complexity index is 585. The molecule has 5 nitrogen and oxygen atoms in total. The molecule has 5 heteroatoms. The summed E-state index contributed by atoms with van der Waals surface area (Å²) in [5.41, 5.74) is 1.12. The fourth-order valence-electron chi connectivity index (χ4n) is 1.93. The maximum Gasteiger partial charge on any atom is 0.372 e. The van der Waals surface area contributed by atoms with Crippen LogP contribution in [0.5, 0.6) is 0 Å². The lowest BCUT2D eigenvalue weighted by Gasteiger charge is -2.08. The van der Waals surface area contributed by atoms with Crippen molar-refractivity contribution in [3.63, 3.8) is 0 Å². The van der Waals surface area contributed by atoms with Gasteiger partial charge in [-0.1, -0.05) is 18.2 Å². The third-order valence-electron chi connectivity index (χ3n) is 2.82.